The summed E-state index contributed by atoms with van der Waals surface area (Å²) in [4.78, 5) is 0. The number of fused-ring (bicyclic) bond motifs is 1. The molecule has 3 nitrogen and oxygen atoms in total. The van der Waals surface area contributed by atoms with Crippen LogP contribution >= 0.6 is 0 Å². The highest BCUT2D eigenvalue weighted by atomic mass is 16.5. The van der Waals surface area contributed by atoms with Gasteiger partial charge >= 0.3 is 0 Å². The lowest BCUT2D eigenvalue weighted by molar-refractivity contribution is -0.0336. The van der Waals surface area contributed by atoms with Crippen LogP contribution in [0.4, 0.5) is 0 Å². The third-order valence-electron chi connectivity index (χ3n) is 2.44. The van der Waals surface area contributed by atoms with Crippen LogP contribution in [0.2, 0.25) is 0 Å². The van der Waals surface area contributed by atoms with E-state index in [1.54, 1.807) is 12.2 Å². The summed E-state index contributed by atoms with van der Waals surface area (Å²) in [6.45, 7) is 0.595. The lowest BCUT2D eigenvalue weighted by Crippen LogP contribution is -2.41. The molecule has 2 aliphatic rings. The van der Waals surface area contributed by atoms with Crippen LogP contribution in [0, 0.1) is 0 Å². The molecule has 1 aliphatic heterocycles. The number of rotatable bonds is 0. The molecule has 1 saturated heterocycles. The van der Waals surface area contributed by atoms with Crippen LogP contribution in [0.5, 0.6) is 0 Å². The fraction of sp³-hybridized carbons (Fsp3) is 0.750. The van der Waals surface area contributed by atoms with Crippen molar-refractivity contribution in [2.75, 3.05) is 6.61 Å². The van der Waals surface area contributed by atoms with Gasteiger partial charge < -0.3 is 14.9 Å². The zero-order chi connectivity index (χ0) is 7.90. The molecule has 11 heavy (non-hydrogen) atoms. The second kappa shape index (κ2) is 2.30. The quantitative estimate of drug-likeness (QED) is 0.479. The van der Waals surface area contributed by atoms with Gasteiger partial charge in [-0.25, -0.2) is 0 Å². The van der Waals surface area contributed by atoms with Crippen molar-refractivity contribution in [3.63, 3.8) is 0 Å². The van der Waals surface area contributed by atoms with E-state index in [1.807, 2.05) is 0 Å². The van der Waals surface area contributed by atoms with Crippen molar-refractivity contribution >= 4 is 0 Å². The van der Waals surface area contributed by atoms with E-state index in [2.05, 4.69) is 0 Å². The van der Waals surface area contributed by atoms with Gasteiger partial charge in [0, 0.05) is 12.8 Å². The van der Waals surface area contributed by atoms with E-state index in [-0.39, 0.29) is 6.10 Å². The van der Waals surface area contributed by atoms with E-state index < -0.39 is 11.7 Å². The smallest absolute Gasteiger partial charge is 0.111 e. The maximum Gasteiger partial charge on any atom is 0.111 e. The van der Waals surface area contributed by atoms with Crippen molar-refractivity contribution in [2.45, 2.75) is 30.7 Å². The second-order valence-corrected chi connectivity index (χ2v) is 3.26. The minimum atomic E-state index is -0.792. The van der Waals surface area contributed by atoms with Gasteiger partial charge in [0.15, 0.2) is 0 Å². The summed E-state index contributed by atoms with van der Waals surface area (Å²) in [5.74, 6) is 0. The summed E-state index contributed by atoms with van der Waals surface area (Å²) in [7, 11) is 0. The third-order valence-corrected chi connectivity index (χ3v) is 2.44. The van der Waals surface area contributed by atoms with Gasteiger partial charge in [-0.3, -0.25) is 0 Å². The van der Waals surface area contributed by atoms with E-state index >= 15 is 0 Å². The molecule has 0 aromatic carbocycles. The number of hydrogen-bond acceptors (Lipinski definition) is 3. The Labute approximate surface area is 65.3 Å². The molecule has 0 unspecified atom stereocenters. The first-order chi connectivity index (χ1) is 5.21. The molecule has 0 aromatic heterocycles. The SMILES string of the molecule is O[C@@H]1C=C[C@]2(O)CCO[C@@H]2C1. The Morgan fingerprint density at radius 2 is 2.36 bits per heavy atom. The van der Waals surface area contributed by atoms with Crippen molar-refractivity contribution in [1.82, 2.24) is 0 Å². The van der Waals surface area contributed by atoms with Crippen LogP contribution < -0.4 is 0 Å². The van der Waals surface area contributed by atoms with Gasteiger partial charge in [-0.05, 0) is 0 Å². The van der Waals surface area contributed by atoms with Gasteiger partial charge in [0.05, 0.1) is 18.8 Å². The molecule has 2 rings (SSSR count). The maximum atomic E-state index is 9.81. The van der Waals surface area contributed by atoms with Crippen LogP contribution in [0.25, 0.3) is 0 Å². The highest BCUT2D eigenvalue weighted by Gasteiger charge is 2.43. The van der Waals surface area contributed by atoms with Crippen molar-refractivity contribution in [2.24, 2.45) is 0 Å². The van der Waals surface area contributed by atoms with E-state index in [4.69, 9.17) is 4.74 Å². The van der Waals surface area contributed by atoms with Crippen LogP contribution in [0.1, 0.15) is 12.8 Å². The van der Waals surface area contributed by atoms with Gasteiger partial charge in [-0.2, -0.15) is 0 Å². The lowest BCUT2D eigenvalue weighted by Gasteiger charge is -2.30. The molecule has 0 amide bonds. The third kappa shape index (κ3) is 1.09. The van der Waals surface area contributed by atoms with Gasteiger partial charge in [-0.1, -0.05) is 12.2 Å². The van der Waals surface area contributed by atoms with Crippen LogP contribution in [0.3, 0.4) is 0 Å². The van der Waals surface area contributed by atoms with Gasteiger partial charge in [0.2, 0.25) is 0 Å². The normalized spacial score (nSPS) is 49.3. The molecule has 3 atom stereocenters. The van der Waals surface area contributed by atoms with Crippen molar-refractivity contribution in [1.29, 1.82) is 0 Å². The Balaban J connectivity index is 2.22. The Hall–Kier alpha value is -0.380. The highest BCUT2D eigenvalue weighted by Crippen LogP contribution is 2.33. The molecular formula is C8H12O3. The van der Waals surface area contributed by atoms with E-state index in [0.29, 0.717) is 19.4 Å². The molecule has 2 N–H and O–H groups in total. The zero-order valence-electron chi connectivity index (χ0n) is 6.23. The molecule has 0 bridgehead atoms. The largest absolute Gasteiger partial charge is 0.389 e. The number of ether oxygens (including phenoxy) is 1. The van der Waals surface area contributed by atoms with E-state index in [0.717, 1.165) is 0 Å². The number of aliphatic hydroxyl groups excluding tert-OH is 1. The zero-order valence-corrected chi connectivity index (χ0v) is 6.23. The van der Waals surface area contributed by atoms with Gasteiger partial charge in [0.1, 0.15) is 5.60 Å². The second-order valence-electron chi connectivity index (χ2n) is 3.26. The van der Waals surface area contributed by atoms with Crippen LogP contribution in [-0.4, -0.2) is 34.6 Å². The van der Waals surface area contributed by atoms with E-state index in [9.17, 15) is 10.2 Å². The average molecular weight is 156 g/mol. The number of aliphatic hydroxyl groups is 2. The Bertz CT molecular complexity index is 190. The van der Waals surface area contributed by atoms with Gasteiger partial charge in [0.25, 0.3) is 0 Å². The molecule has 1 aliphatic carbocycles. The van der Waals surface area contributed by atoms with Crippen molar-refractivity contribution in [3.8, 4) is 0 Å². The molecule has 0 aromatic rings. The number of hydrogen-bond donors (Lipinski definition) is 2. The van der Waals surface area contributed by atoms with Gasteiger partial charge in [-0.15, -0.1) is 0 Å². The fourth-order valence-electron chi connectivity index (χ4n) is 1.71. The standard InChI is InChI=1S/C8H12O3/c9-6-1-2-8(10)3-4-11-7(8)5-6/h1-2,6-7,9-10H,3-5H2/t6-,7-,8+/m1/s1. The predicted molar refractivity (Wildman–Crippen MR) is 39.1 cm³/mol. The molecule has 1 heterocycles. The molecular weight excluding hydrogens is 144 g/mol. The monoisotopic (exact) mass is 156 g/mol. The summed E-state index contributed by atoms with van der Waals surface area (Å²) in [5, 5.41) is 19.0. The lowest BCUT2D eigenvalue weighted by atomic mass is 9.86. The predicted octanol–water partition coefficient (Wildman–Crippen LogP) is -0.173. The van der Waals surface area contributed by atoms with Crippen LogP contribution in [0.15, 0.2) is 12.2 Å². The summed E-state index contributed by atoms with van der Waals surface area (Å²) in [5.41, 5.74) is -0.792. The molecule has 1 fully saturated rings. The minimum Gasteiger partial charge on any atom is -0.389 e. The Morgan fingerprint density at radius 1 is 1.55 bits per heavy atom. The van der Waals surface area contributed by atoms with Crippen molar-refractivity contribution < 1.29 is 14.9 Å². The summed E-state index contributed by atoms with van der Waals surface area (Å²) >= 11 is 0. The first-order valence-corrected chi connectivity index (χ1v) is 3.92. The topological polar surface area (TPSA) is 49.7 Å². The maximum absolute atomic E-state index is 9.81. The Kier molecular flexibility index (Phi) is 1.52. The summed E-state index contributed by atoms with van der Waals surface area (Å²) in [6, 6.07) is 0. The fourth-order valence-corrected chi connectivity index (χ4v) is 1.71. The Morgan fingerprint density at radius 3 is 3.18 bits per heavy atom. The molecule has 0 spiro atoms. The molecule has 0 radical (unpaired) electrons. The average Bonchev–Trinajstić information content (AvgIpc) is 2.31. The first kappa shape index (κ1) is 7.28. The molecule has 62 valence electrons. The van der Waals surface area contributed by atoms with Crippen LogP contribution in [-0.2, 0) is 4.74 Å². The minimum absolute atomic E-state index is 0.192. The van der Waals surface area contributed by atoms with E-state index in [1.165, 1.54) is 0 Å². The highest BCUT2D eigenvalue weighted by molar-refractivity contribution is 5.15. The first-order valence-electron chi connectivity index (χ1n) is 3.92. The molecule has 0 saturated carbocycles. The van der Waals surface area contributed by atoms with Crippen molar-refractivity contribution in [3.05, 3.63) is 12.2 Å². The summed E-state index contributed by atoms with van der Waals surface area (Å²) < 4.78 is 5.27. The molecule has 3 heteroatoms. The summed E-state index contributed by atoms with van der Waals surface area (Å²) in [6.07, 6.45) is 3.85.